The molecule has 1 heterocycles. The zero-order valence-electron chi connectivity index (χ0n) is 8.76. The van der Waals surface area contributed by atoms with E-state index in [0.29, 0.717) is 17.8 Å². The number of aromatic nitrogens is 2. The lowest BCUT2D eigenvalue weighted by Gasteiger charge is -1.97. The van der Waals surface area contributed by atoms with Crippen LogP contribution in [0.15, 0.2) is 24.3 Å². The summed E-state index contributed by atoms with van der Waals surface area (Å²) in [5, 5.41) is 16.7. The van der Waals surface area contributed by atoms with E-state index in [1.54, 1.807) is 12.1 Å². The molecule has 2 aromatic rings. The maximum absolute atomic E-state index is 12.7. The molecule has 0 fully saturated rings. The van der Waals surface area contributed by atoms with Crippen molar-refractivity contribution in [3.8, 4) is 0 Å². The van der Waals surface area contributed by atoms with Gasteiger partial charge in [0.2, 0.25) is 5.01 Å². The topological polar surface area (TPSA) is 63.1 Å². The quantitative estimate of drug-likeness (QED) is 0.905. The maximum Gasteiger partial charge on any atom is 0.367 e. The first-order valence-electron chi connectivity index (χ1n) is 4.95. The van der Waals surface area contributed by atoms with E-state index < -0.39 is 5.97 Å². The molecule has 0 amide bonds. The second-order valence-corrected chi connectivity index (χ2v) is 4.49. The van der Waals surface area contributed by atoms with Crippen LogP contribution in [0.2, 0.25) is 0 Å². The molecule has 0 saturated heterocycles. The summed E-state index contributed by atoms with van der Waals surface area (Å²) in [5.41, 5.74) is 0.985. The first-order chi connectivity index (χ1) is 8.15. The zero-order valence-corrected chi connectivity index (χ0v) is 9.58. The number of carboxylic acids is 1. The fourth-order valence-corrected chi connectivity index (χ4v) is 2.02. The van der Waals surface area contributed by atoms with E-state index in [4.69, 9.17) is 5.11 Å². The molecule has 1 aromatic heterocycles. The van der Waals surface area contributed by atoms with Crippen LogP contribution in [0.25, 0.3) is 0 Å². The van der Waals surface area contributed by atoms with Crippen molar-refractivity contribution in [1.82, 2.24) is 10.2 Å². The van der Waals surface area contributed by atoms with E-state index >= 15 is 0 Å². The van der Waals surface area contributed by atoms with Crippen molar-refractivity contribution >= 4 is 17.3 Å². The highest BCUT2D eigenvalue weighted by Gasteiger charge is 2.10. The Kier molecular flexibility index (Phi) is 3.43. The number of halogens is 1. The maximum atomic E-state index is 12.7. The second kappa shape index (κ2) is 5.01. The molecule has 0 radical (unpaired) electrons. The van der Waals surface area contributed by atoms with Crippen LogP contribution >= 0.6 is 11.3 Å². The summed E-state index contributed by atoms with van der Waals surface area (Å²) in [6.45, 7) is 0. The van der Waals surface area contributed by atoms with Crippen molar-refractivity contribution in [3.05, 3.63) is 45.7 Å². The molecular formula is C11H9FN2O2S. The number of aryl methyl sites for hydroxylation is 2. The van der Waals surface area contributed by atoms with Crippen LogP contribution in [-0.2, 0) is 12.8 Å². The highest BCUT2D eigenvalue weighted by molar-refractivity contribution is 7.13. The Morgan fingerprint density at radius 2 is 1.94 bits per heavy atom. The third kappa shape index (κ3) is 3.07. The summed E-state index contributed by atoms with van der Waals surface area (Å²) in [7, 11) is 0. The first-order valence-corrected chi connectivity index (χ1v) is 5.77. The number of rotatable bonds is 4. The molecule has 0 atom stereocenters. The Labute approximate surface area is 101 Å². The lowest BCUT2D eigenvalue weighted by atomic mass is 10.1. The number of nitrogens with zero attached hydrogens (tertiary/aromatic N) is 2. The van der Waals surface area contributed by atoms with Crippen LogP contribution in [0.4, 0.5) is 4.39 Å². The molecule has 1 N–H and O–H groups in total. The summed E-state index contributed by atoms with van der Waals surface area (Å²) in [6.07, 6.45) is 1.30. The van der Waals surface area contributed by atoms with Crippen molar-refractivity contribution in [2.45, 2.75) is 12.8 Å². The number of hydrogen-bond acceptors (Lipinski definition) is 4. The summed E-state index contributed by atoms with van der Waals surface area (Å²) >= 11 is 1.07. The van der Waals surface area contributed by atoms with Gasteiger partial charge < -0.3 is 5.11 Å². The van der Waals surface area contributed by atoms with Crippen LogP contribution in [0.5, 0.6) is 0 Å². The van der Waals surface area contributed by atoms with Gasteiger partial charge in [-0.1, -0.05) is 23.5 Å². The van der Waals surface area contributed by atoms with E-state index in [-0.39, 0.29) is 10.8 Å². The fraction of sp³-hybridized carbons (Fsp3) is 0.182. The molecule has 0 bridgehead atoms. The largest absolute Gasteiger partial charge is 0.476 e. The predicted molar refractivity (Wildman–Crippen MR) is 60.7 cm³/mol. The Morgan fingerprint density at radius 3 is 2.53 bits per heavy atom. The molecule has 0 aliphatic carbocycles. The number of aromatic carboxylic acids is 1. The van der Waals surface area contributed by atoms with Gasteiger partial charge in [-0.25, -0.2) is 9.18 Å². The predicted octanol–water partition coefficient (Wildman–Crippen LogP) is 2.16. The number of carboxylic acid groups (broad SMARTS) is 1. The van der Waals surface area contributed by atoms with Gasteiger partial charge in [-0.2, -0.15) is 0 Å². The van der Waals surface area contributed by atoms with Gasteiger partial charge >= 0.3 is 5.97 Å². The average molecular weight is 252 g/mol. The smallest absolute Gasteiger partial charge is 0.367 e. The van der Waals surface area contributed by atoms with Crippen LogP contribution in [-0.4, -0.2) is 21.3 Å². The molecule has 0 aliphatic heterocycles. The molecule has 0 unspecified atom stereocenters. The molecule has 0 aliphatic rings. The number of benzene rings is 1. The molecular weight excluding hydrogens is 243 g/mol. The van der Waals surface area contributed by atoms with Crippen molar-refractivity contribution < 1.29 is 14.3 Å². The summed E-state index contributed by atoms with van der Waals surface area (Å²) < 4.78 is 12.7. The van der Waals surface area contributed by atoms with Crippen molar-refractivity contribution in [1.29, 1.82) is 0 Å². The molecule has 4 nitrogen and oxygen atoms in total. The Bertz CT molecular complexity index is 525. The van der Waals surface area contributed by atoms with Crippen molar-refractivity contribution in [2.24, 2.45) is 0 Å². The Hall–Kier alpha value is -1.82. The number of carbonyl (C=O) groups is 1. The molecule has 88 valence electrons. The van der Waals surface area contributed by atoms with E-state index in [1.165, 1.54) is 12.1 Å². The van der Waals surface area contributed by atoms with Crippen LogP contribution in [0.1, 0.15) is 20.4 Å². The van der Waals surface area contributed by atoms with E-state index in [1.807, 2.05) is 0 Å². The lowest BCUT2D eigenvalue weighted by molar-refractivity contribution is 0.0695. The zero-order chi connectivity index (χ0) is 12.3. The molecule has 17 heavy (non-hydrogen) atoms. The van der Waals surface area contributed by atoms with Gasteiger partial charge in [0.05, 0.1) is 0 Å². The number of hydrogen-bond donors (Lipinski definition) is 1. The normalized spacial score (nSPS) is 10.4. The second-order valence-electron chi connectivity index (χ2n) is 3.43. The third-order valence-corrected chi connectivity index (χ3v) is 3.16. The molecule has 0 spiro atoms. The van der Waals surface area contributed by atoms with Gasteiger partial charge in [0, 0.05) is 6.42 Å². The monoisotopic (exact) mass is 252 g/mol. The molecule has 2 rings (SSSR count). The fourth-order valence-electron chi connectivity index (χ4n) is 1.34. The van der Waals surface area contributed by atoms with Crippen LogP contribution in [0.3, 0.4) is 0 Å². The van der Waals surface area contributed by atoms with Gasteiger partial charge in [0.25, 0.3) is 0 Å². The Morgan fingerprint density at radius 1 is 1.24 bits per heavy atom. The summed E-state index contributed by atoms with van der Waals surface area (Å²) in [4.78, 5) is 10.6. The minimum atomic E-state index is -1.06. The highest BCUT2D eigenvalue weighted by Crippen LogP contribution is 2.13. The Balaban J connectivity index is 1.97. The van der Waals surface area contributed by atoms with Crippen LogP contribution < -0.4 is 0 Å². The van der Waals surface area contributed by atoms with Gasteiger partial charge in [-0.05, 0) is 24.1 Å². The minimum Gasteiger partial charge on any atom is -0.476 e. The van der Waals surface area contributed by atoms with E-state index in [0.717, 1.165) is 16.9 Å². The highest BCUT2D eigenvalue weighted by atomic mass is 32.1. The first kappa shape index (κ1) is 11.7. The van der Waals surface area contributed by atoms with Gasteiger partial charge in [-0.3, -0.25) is 0 Å². The van der Waals surface area contributed by atoms with Gasteiger partial charge in [-0.15, -0.1) is 10.2 Å². The molecule has 6 heteroatoms. The SMILES string of the molecule is O=C(O)c1nnc(CCc2ccc(F)cc2)s1. The van der Waals surface area contributed by atoms with E-state index in [2.05, 4.69) is 10.2 Å². The minimum absolute atomic E-state index is 0.000828. The van der Waals surface area contributed by atoms with Crippen molar-refractivity contribution in [3.63, 3.8) is 0 Å². The summed E-state index contributed by atoms with van der Waals surface area (Å²) in [6, 6.07) is 6.21. The van der Waals surface area contributed by atoms with E-state index in [9.17, 15) is 9.18 Å². The molecule has 0 saturated carbocycles. The average Bonchev–Trinajstić information content (AvgIpc) is 2.77. The van der Waals surface area contributed by atoms with Gasteiger partial charge in [0.15, 0.2) is 0 Å². The lowest BCUT2D eigenvalue weighted by Crippen LogP contribution is -1.93. The van der Waals surface area contributed by atoms with Crippen LogP contribution in [0, 0.1) is 5.82 Å². The molecule has 1 aromatic carbocycles. The summed E-state index contributed by atoms with van der Waals surface area (Å²) in [5.74, 6) is -1.33. The van der Waals surface area contributed by atoms with Gasteiger partial charge in [0.1, 0.15) is 10.8 Å². The third-order valence-electron chi connectivity index (χ3n) is 2.19. The standard InChI is InChI=1S/C11H9FN2O2S/c12-8-4-1-7(2-5-8)3-6-9-13-14-10(17-9)11(15)16/h1-2,4-5H,3,6H2,(H,15,16). The van der Waals surface area contributed by atoms with Crippen molar-refractivity contribution in [2.75, 3.05) is 0 Å².